The predicted molar refractivity (Wildman–Crippen MR) is 83.5 cm³/mol. The normalized spacial score (nSPS) is 11.9. The lowest BCUT2D eigenvalue weighted by molar-refractivity contribution is -0.138. The zero-order valence-corrected chi connectivity index (χ0v) is 13.0. The first-order chi connectivity index (χ1) is 9.99. The summed E-state index contributed by atoms with van der Waals surface area (Å²) in [4.78, 5) is 23.3. The highest BCUT2D eigenvalue weighted by atomic mass is 35.5. The van der Waals surface area contributed by atoms with Crippen molar-refractivity contribution in [3.8, 4) is 0 Å². The lowest BCUT2D eigenvalue weighted by atomic mass is 9.99. The topological polar surface area (TPSA) is 66.4 Å². The average Bonchev–Trinajstić information content (AvgIpc) is 2.78. The quantitative estimate of drug-likeness (QED) is 0.870. The molecule has 2 N–H and O–H groups in total. The second kappa shape index (κ2) is 6.93. The van der Waals surface area contributed by atoms with Gasteiger partial charge in [-0.2, -0.15) is 0 Å². The minimum Gasteiger partial charge on any atom is -0.481 e. The Hall–Kier alpha value is -1.56. The maximum Gasteiger partial charge on any atom is 0.312 e. The van der Waals surface area contributed by atoms with Crippen molar-refractivity contribution in [1.29, 1.82) is 0 Å². The monoisotopic (exact) mass is 343 g/mol. The number of nitrogens with one attached hydrogen (secondary N) is 1. The second-order valence-corrected chi connectivity index (χ2v) is 6.54. The van der Waals surface area contributed by atoms with Gasteiger partial charge in [-0.3, -0.25) is 9.59 Å². The summed E-state index contributed by atoms with van der Waals surface area (Å²) in [7, 11) is 0. The lowest BCUT2D eigenvalue weighted by Crippen LogP contribution is -2.31. The maximum absolute atomic E-state index is 12.0. The van der Waals surface area contributed by atoms with E-state index in [1.807, 2.05) is 0 Å². The molecule has 0 fully saturated rings. The third kappa shape index (κ3) is 3.97. The van der Waals surface area contributed by atoms with Crippen molar-refractivity contribution < 1.29 is 14.7 Å². The Balaban J connectivity index is 2.08. The van der Waals surface area contributed by atoms with Gasteiger partial charge in [0.25, 0.3) is 5.91 Å². The van der Waals surface area contributed by atoms with Crippen molar-refractivity contribution in [3.05, 3.63) is 56.2 Å². The lowest BCUT2D eigenvalue weighted by Gasteiger charge is -2.13. The van der Waals surface area contributed by atoms with E-state index in [9.17, 15) is 14.7 Å². The highest BCUT2D eigenvalue weighted by Crippen LogP contribution is 2.31. The molecule has 1 atom stereocenters. The van der Waals surface area contributed by atoms with Gasteiger partial charge >= 0.3 is 5.97 Å². The van der Waals surface area contributed by atoms with Crippen LogP contribution in [0.2, 0.25) is 8.67 Å². The summed E-state index contributed by atoms with van der Waals surface area (Å²) in [6.07, 6.45) is 0. The largest absolute Gasteiger partial charge is 0.481 e. The van der Waals surface area contributed by atoms with Crippen molar-refractivity contribution >= 4 is 46.4 Å². The van der Waals surface area contributed by atoms with Crippen LogP contribution in [0.15, 0.2) is 36.4 Å². The SMILES string of the molecule is O=C(NCC(C(=O)O)c1ccccc1)c1cc(Cl)sc1Cl. The molecule has 0 radical (unpaired) electrons. The molecule has 21 heavy (non-hydrogen) atoms. The minimum atomic E-state index is -1.00. The van der Waals surface area contributed by atoms with E-state index in [-0.39, 0.29) is 16.4 Å². The molecular formula is C14H11Cl2NO3S. The molecule has 0 aliphatic carbocycles. The Bertz CT molecular complexity index is 657. The van der Waals surface area contributed by atoms with Crippen molar-refractivity contribution in [1.82, 2.24) is 5.32 Å². The second-order valence-electron chi connectivity index (χ2n) is 4.25. The molecule has 1 heterocycles. The van der Waals surface area contributed by atoms with Gasteiger partial charge in [0.2, 0.25) is 0 Å². The summed E-state index contributed by atoms with van der Waals surface area (Å²) < 4.78 is 0.687. The summed E-state index contributed by atoms with van der Waals surface area (Å²) in [6, 6.07) is 10.2. The molecule has 110 valence electrons. The van der Waals surface area contributed by atoms with Crippen LogP contribution < -0.4 is 5.32 Å². The van der Waals surface area contributed by atoms with Crippen LogP contribution in [0.5, 0.6) is 0 Å². The Morgan fingerprint density at radius 1 is 1.24 bits per heavy atom. The zero-order chi connectivity index (χ0) is 15.4. The van der Waals surface area contributed by atoms with Gasteiger partial charge in [0.15, 0.2) is 0 Å². The first-order valence-electron chi connectivity index (χ1n) is 6.00. The van der Waals surface area contributed by atoms with Gasteiger partial charge in [0.05, 0.1) is 15.8 Å². The highest BCUT2D eigenvalue weighted by molar-refractivity contribution is 7.20. The molecule has 2 rings (SSSR count). The van der Waals surface area contributed by atoms with E-state index in [4.69, 9.17) is 23.2 Å². The van der Waals surface area contributed by atoms with Crippen LogP contribution in [0.25, 0.3) is 0 Å². The molecule has 0 aliphatic heterocycles. The molecule has 0 saturated heterocycles. The summed E-state index contributed by atoms with van der Waals surface area (Å²) in [5.41, 5.74) is 0.878. The van der Waals surface area contributed by atoms with Crippen LogP contribution in [-0.2, 0) is 4.79 Å². The molecule has 0 saturated carbocycles. The number of carboxylic acid groups (broad SMARTS) is 1. The molecule has 1 amide bonds. The van der Waals surface area contributed by atoms with E-state index >= 15 is 0 Å². The molecular weight excluding hydrogens is 333 g/mol. The van der Waals surface area contributed by atoms with Crippen LogP contribution in [0.1, 0.15) is 21.8 Å². The molecule has 0 spiro atoms. The molecule has 0 aliphatic rings. The van der Waals surface area contributed by atoms with E-state index in [0.29, 0.717) is 9.90 Å². The molecule has 1 aromatic heterocycles. The number of hydrogen-bond acceptors (Lipinski definition) is 3. The summed E-state index contributed by atoms with van der Waals surface area (Å²) in [5, 5.41) is 11.8. The van der Waals surface area contributed by atoms with Crippen LogP contribution in [0, 0.1) is 0 Å². The fourth-order valence-corrected chi connectivity index (χ4v) is 3.28. The number of carbonyl (C=O) groups excluding carboxylic acids is 1. The van der Waals surface area contributed by atoms with Crippen LogP contribution in [-0.4, -0.2) is 23.5 Å². The standard InChI is InChI=1S/C14H11Cl2NO3S/c15-11-6-9(12(16)21-11)13(18)17-7-10(14(19)20)8-4-2-1-3-5-8/h1-6,10H,7H2,(H,17,18)(H,19,20). The number of benzene rings is 1. The van der Waals surface area contributed by atoms with E-state index in [2.05, 4.69) is 5.32 Å². The number of aliphatic carboxylic acids is 1. The number of halogens is 2. The molecule has 0 bridgehead atoms. The third-order valence-electron chi connectivity index (χ3n) is 2.87. The van der Waals surface area contributed by atoms with E-state index in [1.165, 1.54) is 6.07 Å². The molecule has 1 unspecified atom stereocenters. The van der Waals surface area contributed by atoms with Gasteiger partial charge in [-0.1, -0.05) is 53.5 Å². The first-order valence-corrected chi connectivity index (χ1v) is 7.57. The van der Waals surface area contributed by atoms with Gasteiger partial charge in [0, 0.05) is 6.54 Å². The smallest absolute Gasteiger partial charge is 0.312 e. The van der Waals surface area contributed by atoms with Crippen molar-refractivity contribution in [2.75, 3.05) is 6.54 Å². The van der Waals surface area contributed by atoms with Crippen LogP contribution >= 0.6 is 34.5 Å². The van der Waals surface area contributed by atoms with Crippen LogP contribution in [0.4, 0.5) is 0 Å². The van der Waals surface area contributed by atoms with E-state index in [0.717, 1.165) is 11.3 Å². The minimum absolute atomic E-state index is 0.0258. The average molecular weight is 344 g/mol. The number of carbonyl (C=O) groups is 2. The molecule has 7 heteroatoms. The van der Waals surface area contributed by atoms with Crippen molar-refractivity contribution in [3.63, 3.8) is 0 Å². The number of carboxylic acids is 1. The van der Waals surface area contributed by atoms with Crippen molar-refractivity contribution in [2.24, 2.45) is 0 Å². The summed E-state index contributed by atoms with van der Waals surface area (Å²) in [6.45, 7) is -0.0258. The maximum atomic E-state index is 12.0. The molecule has 1 aromatic carbocycles. The Morgan fingerprint density at radius 3 is 2.43 bits per heavy atom. The summed E-state index contributed by atoms with van der Waals surface area (Å²) >= 11 is 12.8. The fourth-order valence-electron chi connectivity index (χ4n) is 1.82. The highest BCUT2D eigenvalue weighted by Gasteiger charge is 2.22. The van der Waals surface area contributed by atoms with E-state index in [1.54, 1.807) is 30.3 Å². The van der Waals surface area contributed by atoms with Crippen LogP contribution in [0.3, 0.4) is 0 Å². The zero-order valence-electron chi connectivity index (χ0n) is 10.7. The Labute approximate surface area is 135 Å². The third-order valence-corrected chi connectivity index (χ3v) is 4.36. The van der Waals surface area contributed by atoms with Gasteiger partial charge in [-0.15, -0.1) is 11.3 Å². The first kappa shape index (κ1) is 15.8. The fraction of sp³-hybridized carbons (Fsp3) is 0.143. The molecule has 2 aromatic rings. The number of hydrogen-bond donors (Lipinski definition) is 2. The van der Waals surface area contributed by atoms with Gasteiger partial charge in [-0.25, -0.2) is 0 Å². The van der Waals surface area contributed by atoms with Gasteiger partial charge in [-0.05, 0) is 11.6 Å². The number of amides is 1. The Kier molecular flexibility index (Phi) is 5.22. The Morgan fingerprint density at radius 2 is 1.90 bits per heavy atom. The number of rotatable bonds is 5. The van der Waals surface area contributed by atoms with Gasteiger partial charge in [0.1, 0.15) is 4.34 Å². The molecule has 4 nitrogen and oxygen atoms in total. The summed E-state index contributed by atoms with van der Waals surface area (Å²) in [5.74, 6) is -2.26. The predicted octanol–water partition coefficient (Wildman–Crippen LogP) is 3.65. The van der Waals surface area contributed by atoms with E-state index < -0.39 is 17.8 Å². The van der Waals surface area contributed by atoms with Crippen molar-refractivity contribution in [2.45, 2.75) is 5.92 Å². The van der Waals surface area contributed by atoms with Gasteiger partial charge < -0.3 is 10.4 Å². The number of thiophene rings is 1.